The Labute approximate surface area is 188 Å². The Kier molecular flexibility index (Phi) is 8.18. The van der Waals surface area contributed by atoms with Crippen LogP contribution in [-0.4, -0.2) is 42.5 Å². The molecule has 0 unspecified atom stereocenters. The second kappa shape index (κ2) is 11.0. The van der Waals surface area contributed by atoms with Crippen LogP contribution in [0.2, 0.25) is 5.02 Å². The minimum Gasteiger partial charge on any atom is -0.497 e. The third kappa shape index (κ3) is 6.62. The van der Waals surface area contributed by atoms with Gasteiger partial charge in [0.05, 0.1) is 7.11 Å². The predicted octanol–water partition coefficient (Wildman–Crippen LogP) is 4.20. The van der Waals surface area contributed by atoms with Crippen LogP contribution in [0.1, 0.15) is 38.2 Å². The fourth-order valence-electron chi connectivity index (χ4n) is 3.70. The number of halogens is 1. The highest BCUT2D eigenvalue weighted by Gasteiger charge is 2.28. The molecule has 0 saturated heterocycles. The number of rotatable bonds is 9. The van der Waals surface area contributed by atoms with Crippen LogP contribution < -0.4 is 14.8 Å². The zero-order valence-electron chi connectivity index (χ0n) is 18.0. The largest absolute Gasteiger partial charge is 0.497 e. The second-order valence-electron chi connectivity index (χ2n) is 7.78. The summed E-state index contributed by atoms with van der Waals surface area (Å²) in [7, 11) is 1.60. The number of hydrogen-bond acceptors (Lipinski definition) is 4. The minimum absolute atomic E-state index is 0.144. The standard InChI is InChI=1S/C24H29ClN2O4/c1-17(24(29)26-20-7-3-4-8-20)27(15-18-6-5-9-22(14-18)30-2)23(28)16-31-21-12-10-19(25)11-13-21/h5-6,9-14,17,20H,3-4,7-8,15-16H2,1-2H3,(H,26,29)/t17-/m0/s1. The highest BCUT2D eigenvalue weighted by Crippen LogP contribution is 2.20. The summed E-state index contributed by atoms with van der Waals surface area (Å²) in [6, 6.07) is 13.9. The molecule has 1 fully saturated rings. The lowest BCUT2D eigenvalue weighted by Gasteiger charge is -2.29. The summed E-state index contributed by atoms with van der Waals surface area (Å²) in [6.45, 7) is 1.86. The topological polar surface area (TPSA) is 67.9 Å². The Bertz CT molecular complexity index is 881. The molecule has 0 heterocycles. The summed E-state index contributed by atoms with van der Waals surface area (Å²) >= 11 is 5.90. The number of amides is 2. The zero-order valence-corrected chi connectivity index (χ0v) is 18.7. The third-order valence-corrected chi connectivity index (χ3v) is 5.78. The van der Waals surface area contributed by atoms with E-state index in [4.69, 9.17) is 21.1 Å². The van der Waals surface area contributed by atoms with Crippen molar-refractivity contribution in [2.45, 2.75) is 51.2 Å². The van der Waals surface area contributed by atoms with Gasteiger partial charge in [-0.2, -0.15) is 0 Å². The third-order valence-electron chi connectivity index (χ3n) is 5.53. The summed E-state index contributed by atoms with van der Waals surface area (Å²) in [5.41, 5.74) is 0.875. The quantitative estimate of drug-likeness (QED) is 0.629. The smallest absolute Gasteiger partial charge is 0.261 e. The second-order valence-corrected chi connectivity index (χ2v) is 8.22. The number of benzene rings is 2. The molecular formula is C24H29ClN2O4. The number of carbonyl (C=O) groups excluding carboxylic acids is 2. The van der Waals surface area contributed by atoms with E-state index in [0.29, 0.717) is 16.5 Å². The number of nitrogens with zero attached hydrogens (tertiary/aromatic N) is 1. The maximum atomic E-state index is 13.1. The molecule has 0 radical (unpaired) electrons. The number of hydrogen-bond donors (Lipinski definition) is 1. The molecule has 2 aromatic carbocycles. The van der Waals surface area contributed by atoms with Crippen molar-refractivity contribution in [2.24, 2.45) is 0 Å². The molecule has 1 aliphatic carbocycles. The fraction of sp³-hybridized carbons (Fsp3) is 0.417. The molecule has 31 heavy (non-hydrogen) atoms. The van der Waals surface area contributed by atoms with Gasteiger partial charge in [0, 0.05) is 17.6 Å². The van der Waals surface area contributed by atoms with Crippen LogP contribution in [-0.2, 0) is 16.1 Å². The Morgan fingerprint density at radius 2 is 1.84 bits per heavy atom. The normalized spacial score (nSPS) is 14.7. The molecule has 1 atom stereocenters. The van der Waals surface area contributed by atoms with Gasteiger partial charge in [-0.1, -0.05) is 36.6 Å². The van der Waals surface area contributed by atoms with E-state index < -0.39 is 6.04 Å². The molecule has 3 rings (SSSR count). The first-order valence-electron chi connectivity index (χ1n) is 10.6. The van der Waals surface area contributed by atoms with E-state index in [1.807, 2.05) is 24.3 Å². The molecule has 1 N–H and O–H groups in total. The lowest BCUT2D eigenvalue weighted by Crippen LogP contribution is -2.50. The number of nitrogens with one attached hydrogen (secondary N) is 1. The monoisotopic (exact) mass is 444 g/mol. The fourth-order valence-corrected chi connectivity index (χ4v) is 3.83. The summed E-state index contributed by atoms with van der Waals surface area (Å²) in [5.74, 6) is 0.828. The summed E-state index contributed by atoms with van der Waals surface area (Å²) in [6.07, 6.45) is 4.23. The van der Waals surface area contributed by atoms with Crippen LogP contribution >= 0.6 is 11.6 Å². The van der Waals surface area contributed by atoms with Gasteiger partial charge in [-0.05, 0) is 61.7 Å². The molecule has 1 aliphatic rings. The molecule has 7 heteroatoms. The Hall–Kier alpha value is -2.73. The molecule has 0 aromatic heterocycles. The molecule has 6 nitrogen and oxygen atoms in total. The van der Waals surface area contributed by atoms with Gasteiger partial charge in [0.25, 0.3) is 5.91 Å². The highest BCUT2D eigenvalue weighted by atomic mass is 35.5. The van der Waals surface area contributed by atoms with Crippen LogP contribution in [0.15, 0.2) is 48.5 Å². The van der Waals surface area contributed by atoms with E-state index >= 15 is 0 Å². The summed E-state index contributed by atoms with van der Waals surface area (Å²) < 4.78 is 10.9. The maximum Gasteiger partial charge on any atom is 0.261 e. The van der Waals surface area contributed by atoms with Crippen LogP contribution in [0.5, 0.6) is 11.5 Å². The SMILES string of the molecule is COc1cccc(CN(C(=O)COc2ccc(Cl)cc2)[C@@H](C)C(=O)NC2CCCC2)c1. The van der Waals surface area contributed by atoms with Crippen LogP contribution in [0, 0.1) is 0 Å². The van der Waals surface area contributed by atoms with Gasteiger partial charge in [0.2, 0.25) is 5.91 Å². The van der Waals surface area contributed by atoms with Crippen molar-refractivity contribution < 1.29 is 19.1 Å². The van der Waals surface area contributed by atoms with Gasteiger partial charge >= 0.3 is 0 Å². The first-order valence-corrected chi connectivity index (χ1v) is 10.9. The van der Waals surface area contributed by atoms with E-state index in [2.05, 4.69) is 5.32 Å². The van der Waals surface area contributed by atoms with Gasteiger partial charge in [0.15, 0.2) is 6.61 Å². The number of carbonyl (C=O) groups is 2. The van der Waals surface area contributed by atoms with Gasteiger partial charge in [-0.3, -0.25) is 9.59 Å². The molecule has 0 bridgehead atoms. The van der Waals surface area contributed by atoms with Crippen molar-refractivity contribution in [2.75, 3.05) is 13.7 Å². The first-order chi connectivity index (χ1) is 15.0. The molecule has 2 amide bonds. The van der Waals surface area contributed by atoms with Crippen molar-refractivity contribution >= 4 is 23.4 Å². The summed E-state index contributed by atoms with van der Waals surface area (Å²) in [5, 5.41) is 3.68. The predicted molar refractivity (Wildman–Crippen MR) is 120 cm³/mol. The van der Waals surface area contributed by atoms with E-state index in [9.17, 15) is 9.59 Å². The van der Waals surface area contributed by atoms with E-state index in [-0.39, 0.29) is 31.0 Å². The first kappa shape index (κ1) is 22.9. The van der Waals surface area contributed by atoms with Gasteiger partial charge in [-0.25, -0.2) is 0 Å². The molecular weight excluding hydrogens is 416 g/mol. The van der Waals surface area contributed by atoms with Gasteiger partial charge in [0.1, 0.15) is 17.5 Å². The lowest BCUT2D eigenvalue weighted by molar-refractivity contribution is -0.142. The molecule has 0 spiro atoms. The highest BCUT2D eigenvalue weighted by molar-refractivity contribution is 6.30. The Balaban J connectivity index is 1.72. The Morgan fingerprint density at radius 1 is 1.13 bits per heavy atom. The van der Waals surface area contributed by atoms with Crippen molar-refractivity contribution in [3.63, 3.8) is 0 Å². The van der Waals surface area contributed by atoms with Gasteiger partial charge in [-0.15, -0.1) is 0 Å². The van der Waals surface area contributed by atoms with E-state index in [1.165, 1.54) is 0 Å². The molecule has 0 aliphatic heterocycles. The Morgan fingerprint density at radius 3 is 2.52 bits per heavy atom. The van der Waals surface area contributed by atoms with Crippen molar-refractivity contribution in [3.8, 4) is 11.5 Å². The van der Waals surface area contributed by atoms with E-state index in [0.717, 1.165) is 31.2 Å². The van der Waals surface area contributed by atoms with Crippen LogP contribution in [0.4, 0.5) is 0 Å². The van der Waals surface area contributed by atoms with E-state index in [1.54, 1.807) is 43.2 Å². The summed E-state index contributed by atoms with van der Waals surface area (Å²) in [4.78, 5) is 27.5. The number of ether oxygens (including phenoxy) is 2. The lowest BCUT2D eigenvalue weighted by atomic mass is 10.1. The molecule has 166 valence electrons. The maximum absolute atomic E-state index is 13.1. The van der Waals surface area contributed by atoms with Gasteiger partial charge < -0.3 is 19.7 Å². The average molecular weight is 445 g/mol. The van der Waals surface area contributed by atoms with Crippen LogP contribution in [0.3, 0.4) is 0 Å². The van der Waals surface area contributed by atoms with Crippen molar-refractivity contribution in [3.05, 3.63) is 59.1 Å². The van der Waals surface area contributed by atoms with Crippen LogP contribution in [0.25, 0.3) is 0 Å². The average Bonchev–Trinajstić information content (AvgIpc) is 3.29. The van der Waals surface area contributed by atoms with Crippen molar-refractivity contribution in [1.82, 2.24) is 10.2 Å². The molecule has 1 saturated carbocycles. The minimum atomic E-state index is -0.631. The van der Waals surface area contributed by atoms with Crippen molar-refractivity contribution in [1.29, 1.82) is 0 Å². The number of methoxy groups -OCH3 is 1. The molecule has 2 aromatic rings. The zero-order chi connectivity index (χ0) is 22.2.